The molecule has 0 saturated heterocycles. The van der Waals surface area contributed by atoms with Gasteiger partial charge in [0.05, 0.1) is 35.4 Å². The molecule has 0 saturated carbocycles. The molecular weight excluding hydrogens is 436 g/mol. The van der Waals surface area contributed by atoms with Crippen molar-refractivity contribution in [1.82, 2.24) is 9.78 Å². The summed E-state index contributed by atoms with van der Waals surface area (Å²) in [5.74, 6) is -0.807. The molecule has 1 N–H and O–H groups in total. The number of non-ortho nitro benzene ring substituents is 1. The standard InChI is InChI=1S/C25H20N4O5/c1-34-25(31)18-6-5-7-20(14-18)26-23(30)15-19-16-28(21-8-3-2-4-9-21)27-24(19)17-10-12-22(13-11-17)29(32)33/h2-14,16H,15H2,1H3,(H,26,30). The highest BCUT2D eigenvalue weighted by molar-refractivity contribution is 5.95. The summed E-state index contributed by atoms with van der Waals surface area (Å²) >= 11 is 0. The Labute approximate surface area is 194 Å². The van der Waals surface area contributed by atoms with Crippen molar-refractivity contribution >= 4 is 23.3 Å². The molecule has 9 heteroatoms. The first-order valence-corrected chi connectivity index (χ1v) is 10.3. The van der Waals surface area contributed by atoms with Gasteiger partial charge < -0.3 is 10.1 Å². The van der Waals surface area contributed by atoms with Gasteiger partial charge in [-0.3, -0.25) is 14.9 Å². The minimum absolute atomic E-state index is 0.00159. The van der Waals surface area contributed by atoms with Gasteiger partial charge in [0.2, 0.25) is 5.91 Å². The molecule has 0 unspecified atom stereocenters. The molecule has 1 amide bonds. The topological polar surface area (TPSA) is 116 Å². The smallest absolute Gasteiger partial charge is 0.337 e. The van der Waals surface area contributed by atoms with Gasteiger partial charge in [-0.1, -0.05) is 24.3 Å². The van der Waals surface area contributed by atoms with Gasteiger partial charge in [0.15, 0.2) is 0 Å². The SMILES string of the molecule is COC(=O)c1cccc(NC(=O)Cc2cn(-c3ccccc3)nc2-c2ccc([N+](=O)[O-])cc2)c1. The van der Waals surface area contributed by atoms with Crippen LogP contribution >= 0.6 is 0 Å². The zero-order valence-corrected chi connectivity index (χ0v) is 18.2. The summed E-state index contributed by atoms with van der Waals surface area (Å²) < 4.78 is 6.38. The van der Waals surface area contributed by atoms with Gasteiger partial charge in [0, 0.05) is 35.1 Å². The highest BCUT2D eigenvalue weighted by atomic mass is 16.6. The normalized spacial score (nSPS) is 10.5. The van der Waals surface area contributed by atoms with Gasteiger partial charge in [-0.25, -0.2) is 9.48 Å². The Hall–Kier alpha value is -4.79. The summed E-state index contributed by atoms with van der Waals surface area (Å²) in [4.78, 5) is 35.2. The van der Waals surface area contributed by atoms with Crippen LogP contribution in [-0.4, -0.2) is 33.7 Å². The van der Waals surface area contributed by atoms with Crippen LogP contribution in [0.4, 0.5) is 11.4 Å². The van der Waals surface area contributed by atoms with Crippen molar-refractivity contribution in [3.8, 4) is 16.9 Å². The molecule has 0 aliphatic carbocycles. The van der Waals surface area contributed by atoms with Crippen molar-refractivity contribution in [3.63, 3.8) is 0 Å². The molecule has 0 aliphatic rings. The molecule has 0 atom stereocenters. The van der Waals surface area contributed by atoms with Gasteiger partial charge in [-0.05, 0) is 42.5 Å². The molecular formula is C25H20N4O5. The summed E-state index contributed by atoms with van der Waals surface area (Å²) in [7, 11) is 1.29. The van der Waals surface area contributed by atoms with Gasteiger partial charge in [0.1, 0.15) is 0 Å². The Kier molecular flexibility index (Phi) is 6.45. The number of aromatic nitrogens is 2. The zero-order valence-electron chi connectivity index (χ0n) is 18.2. The number of nitro groups is 1. The maximum Gasteiger partial charge on any atom is 0.337 e. The quantitative estimate of drug-likeness (QED) is 0.250. The first-order valence-electron chi connectivity index (χ1n) is 10.3. The van der Waals surface area contributed by atoms with E-state index in [0.29, 0.717) is 28.1 Å². The monoisotopic (exact) mass is 456 g/mol. The average Bonchev–Trinajstić information content (AvgIpc) is 3.27. The fourth-order valence-corrected chi connectivity index (χ4v) is 3.46. The van der Waals surface area contributed by atoms with E-state index < -0.39 is 10.9 Å². The largest absolute Gasteiger partial charge is 0.465 e. The Bertz CT molecular complexity index is 1350. The van der Waals surface area contributed by atoms with Crippen LogP contribution in [0.25, 0.3) is 16.9 Å². The Morgan fingerprint density at radius 3 is 2.44 bits per heavy atom. The van der Waals surface area contributed by atoms with Crippen LogP contribution in [0.15, 0.2) is 85.1 Å². The molecule has 4 rings (SSSR count). The van der Waals surface area contributed by atoms with E-state index in [9.17, 15) is 19.7 Å². The van der Waals surface area contributed by atoms with E-state index in [-0.39, 0.29) is 18.0 Å². The summed E-state index contributed by atoms with van der Waals surface area (Å²) in [5, 5.41) is 18.4. The van der Waals surface area contributed by atoms with Gasteiger partial charge >= 0.3 is 5.97 Å². The number of rotatable bonds is 7. The molecule has 3 aromatic carbocycles. The molecule has 0 fully saturated rings. The van der Waals surface area contributed by atoms with E-state index in [1.54, 1.807) is 41.2 Å². The first kappa shape index (κ1) is 22.4. The molecule has 0 bridgehead atoms. The number of methoxy groups -OCH3 is 1. The highest BCUT2D eigenvalue weighted by Crippen LogP contribution is 2.26. The fourth-order valence-electron chi connectivity index (χ4n) is 3.46. The summed E-state index contributed by atoms with van der Waals surface area (Å²) in [5.41, 5.74) is 3.38. The number of nitrogens with zero attached hydrogens (tertiary/aromatic N) is 3. The number of ether oxygens (including phenoxy) is 1. The van der Waals surface area contributed by atoms with E-state index >= 15 is 0 Å². The molecule has 34 heavy (non-hydrogen) atoms. The molecule has 0 spiro atoms. The van der Waals surface area contributed by atoms with Crippen molar-refractivity contribution in [2.24, 2.45) is 0 Å². The van der Waals surface area contributed by atoms with Crippen LogP contribution in [0.5, 0.6) is 0 Å². The van der Waals surface area contributed by atoms with Crippen LogP contribution in [-0.2, 0) is 16.0 Å². The number of carbonyl (C=O) groups excluding carboxylic acids is 2. The second-order valence-electron chi connectivity index (χ2n) is 7.38. The van der Waals surface area contributed by atoms with E-state index in [0.717, 1.165) is 5.69 Å². The first-order chi connectivity index (χ1) is 16.4. The predicted molar refractivity (Wildman–Crippen MR) is 126 cm³/mol. The Morgan fingerprint density at radius 1 is 1.03 bits per heavy atom. The molecule has 9 nitrogen and oxygen atoms in total. The van der Waals surface area contributed by atoms with E-state index in [4.69, 9.17) is 4.74 Å². The Morgan fingerprint density at radius 2 is 1.76 bits per heavy atom. The number of carbonyl (C=O) groups is 2. The third kappa shape index (κ3) is 4.99. The van der Waals surface area contributed by atoms with Crippen LogP contribution in [0.3, 0.4) is 0 Å². The third-order valence-electron chi connectivity index (χ3n) is 5.08. The minimum Gasteiger partial charge on any atom is -0.465 e. The van der Waals surface area contributed by atoms with Crippen molar-refractivity contribution in [1.29, 1.82) is 0 Å². The van der Waals surface area contributed by atoms with Crippen molar-refractivity contribution in [2.75, 3.05) is 12.4 Å². The van der Waals surface area contributed by atoms with Crippen molar-refractivity contribution in [3.05, 3.63) is 106 Å². The molecule has 170 valence electrons. The number of nitrogens with one attached hydrogen (secondary N) is 1. The lowest BCUT2D eigenvalue weighted by molar-refractivity contribution is -0.384. The maximum absolute atomic E-state index is 12.9. The lowest BCUT2D eigenvalue weighted by Gasteiger charge is -2.07. The number of esters is 1. The van der Waals surface area contributed by atoms with E-state index in [2.05, 4.69) is 10.4 Å². The molecule has 1 aromatic heterocycles. The lowest BCUT2D eigenvalue weighted by Crippen LogP contribution is -2.15. The molecule has 4 aromatic rings. The van der Waals surface area contributed by atoms with Crippen molar-refractivity contribution in [2.45, 2.75) is 6.42 Å². The Balaban J connectivity index is 1.63. The van der Waals surface area contributed by atoms with E-state index in [1.165, 1.54) is 25.3 Å². The van der Waals surface area contributed by atoms with Gasteiger partial charge in [0.25, 0.3) is 5.69 Å². The molecule has 0 aliphatic heterocycles. The van der Waals surface area contributed by atoms with Crippen molar-refractivity contribution < 1.29 is 19.2 Å². The van der Waals surface area contributed by atoms with Gasteiger partial charge in [-0.2, -0.15) is 5.10 Å². The van der Waals surface area contributed by atoms with Crippen LogP contribution < -0.4 is 5.32 Å². The van der Waals surface area contributed by atoms with Crippen LogP contribution in [0.2, 0.25) is 0 Å². The third-order valence-corrected chi connectivity index (χ3v) is 5.08. The summed E-state index contributed by atoms with van der Waals surface area (Å²) in [6, 6.07) is 21.9. The number of hydrogen-bond acceptors (Lipinski definition) is 6. The average molecular weight is 456 g/mol. The molecule has 1 heterocycles. The predicted octanol–water partition coefficient (Wildman–Crippen LogP) is 4.42. The second kappa shape index (κ2) is 9.78. The van der Waals surface area contributed by atoms with Crippen LogP contribution in [0.1, 0.15) is 15.9 Å². The number of anilines is 1. The van der Waals surface area contributed by atoms with Crippen LogP contribution in [0, 0.1) is 10.1 Å². The number of amides is 1. The second-order valence-corrected chi connectivity index (χ2v) is 7.38. The molecule has 0 radical (unpaired) electrons. The lowest BCUT2D eigenvalue weighted by atomic mass is 10.1. The fraction of sp³-hybridized carbons (Fsp3) is 0.0800. The number of benzene rings is 3. The minimum atomic E-state index is -0.499. The number of hydrogen-bond donors (Lipinski definition) is 1. The zero-order chi connectivity index (χ0) is 24.1. The van der Waals surface area contributed by atoms with Gasteiger partial charge in [-0.15, -0.1) is 0 Å². The van der Waals surface area contributed by atoms with E-state index in [1.807, 2.05) is 30.3 Å². The maximum atomic E-state index is 12.9. The summed E-state index contributed by atoms with van der Waals surface area (Å²) in [6.07, 6.45) is 1.76. The number of nitro benzene ring substituents is 1. The number of para-hydroxylation sites is 1. The summed E-state index contributed by atoms with van der Waals surface area (Å²) in [6.45, 7) is 0. The highest BCUT2D eigenvalue weighted by Gasteiger charge is 2.17.